The molecule has 0 aliphatic rings. The topological polar surface area (TPSA) is 12.9 Å². The molecule has 6 aromatic rings. The monoisotopic (exact) mass is 543 g/mol. The second-order valence-electron chi connectivity index (χ2n) is 9.57. The molecule has 0 fully saturated rings. The molecule has 0 N–H and O–H groups in total. The molecule has 0 saturated carbocycles. The van der Waals surface area contributed by atoms with Crippen LogP contribution in [0.4, 0.5) is 26.3 Å². The van der Waals surface area contributed by atoms with Crippen LogP contribution in [0.3, 0.4) is 0 Å². The van der Waals surface area contributed by atoms with E-state index in [0.29, 0.717) is 5.39 Å². The Bertz CT molecular complexity index is 1840. The van der Waals surface area contributed by atoms with E-state index in [-0.39, 0.29) is 17.2 Å². The lowest BCUT2D eigenvalue weighted by Gasteiger charge is -2.15. The van der Waals surface area contributed by atoms with Gasteiger partial charge in [0.1, 0.15) is 0 Å². The molecule has 0 amide bonds. The average Bonchev–Trinajstić information content (AvgIpc) is 2.95. The standard InChI is InChI=1S/C33H19F6N/c34-32(35,36)29-16-27(17-30(18-29)33(37,38)39)24-12-10-21-9-11-23(13-26(21)14-24)20-5-7-22(8-6-20)28-15-25-3-1-2-4-31(25)40-19-28/h1-19H. The number of hydrogen-bond acceptors (Lipinski definition) is 1. The van der Waals surface area contributed by atoms with E-state index in [1.165, 1.54) is 6.07 Å². The van der Waals surface area contributed by atoms with Crippen molar-refractivity contribution in [3.63, 3.8) is 0 Å². The van der Waals surface area contributed by atoms with Crippen molar-refractivity contribution >= 4 is 21.7 Å². The fraction of sp³-hybridized carbons (Fsp3) is 0.0606. The Kier molecular flexibility index (Phi) is 6.10. The highest BCUT2D eigenvalue weighted by Crippen LogP contribution is 2.39. The summed E-state index contributed by atoms with van der Waals surface area (Å²) in [5.74, 6) is 0. The van der Waals surface area contributed by atoms with Crippen molar-refractivity contribution in [2.45, 2.75) is 12.4 Å². The molecule has 0 spiro atoms. The van der Waals surface area contributed by atoms with Gasteiger partial charge in [-0.25, -0.2) is 0 Å². The fourth-order valence-corrected chi connectivity index (χ4v) is 4.81. The summed E-state index contributed by atoms with van der Waals surface area (Å²) in [6.07, 6.45) is -7.99. The number of hydrogen-bond donors (Lipinski definition) is 0. The molecule has 5 aromatic carbocycles. The Balaban J connectivity index is 1.36. The van der Waals surface area contributed by atoms with Crippen LogP contribution in [0.5, 0.6) is 0 Å². The number of nitrogens with zero attached hydrogens (tertiary/aromatic N) is 1. The second kappa shape index (κ2) is 9.52. The van der Waals surface area contributed by atoms with Gasteiger partial charge in [0.2, 0.25) is 0 Å². The molecular formula is C33H19F6N. The summed E-state index contributed by atoms with van der Waals surface area (Å²) >= 11 is 0. The van der Waals surface area contributed by atoms with E-state index in [1.807, 2.05) is 72.9 Å². The Morgan fingerprint density at radius 2 is 0.900 bits per heavy atom. The Hall–Kier alpha value is -4.65. The second-order valence-corrected chi connectivity index (χ2v) is 9.57. The lowest BCUT2D eigenvalue weighted by molar-refractivity contribution is -0.143. The lowest BCUT2D eigenvalue weighted by atomic mass is 9.95. The van der Waals surface area contributed by atoms with Crippen LogP contribution in [-0.2, 0) is 12.4 Å². The first-order valence-corrected chi connectivity index (χ1v) is 12.3. The Morgan fingerprint density at radius 3 is 1.50 bits per heavy atom. The minimum atomic E-state index is -4.91. The molecule has 0 aliphatic carbocycles. The molecule has 0 unspecified atom stereocenters. The molecule has 1 heterocycles. The van der Waals surface area contributed by atoms with Crippen molar-refractivity contribution in [1.29, 1.82) is 0 Å². The SMILES string of the molecule is FC(F)(F)c1cc(-c2ccc3ccc(-c4ccc(-c5cnc6ccccc6c5)cc4)cc3c2)cc(C(F)(F)F)c1. The number of benzene rings is 5. The van der Waals surface area contributed by atoms with Crippen LogP contribution in [0.15, 0.2) is 115 Å². The predicted octanol–water partition coefficient (Wildman–Crippen LogP) is 10.4. The van der Waals surface area contributed by atoms with Gasteiger partial charge in [-0.05, 0) is 81.1 Å². The zero-order chi connectivity index (χ0) is 28.1. The molecule has 0 radical (unpaired) electrons. The third kappa shape index (κ3) is 5.02. The number of aromatic nitrogens is 1. The zero-order valence-electron chi connectivity index (χ0n) is 20.7. The molecule has 0 aliphatic heterocycles. The zero-order valence-corrected chi connectivity index (χ0v) is 20.7. The van der Waals surface area contributed by atoms with Gasteiger partial charge in [0.05, 0.1) is 16.6 Å². The third-order valence-electron chi connectivity index (χ3n) is 6.90. The summed E-state index contributed by atoms with van der Waals surface area (Å²) < 4.78 is 80.3. The first-order valence-electron chi connectivity index (χ1n) is 12.3. The van der Waals surface area contributed by atoms with E-state index in [9.17, 15) is 26.3 Å². The van der Waals surface area contributed by atoms with Crippen molar-refractivity contribution in [2.75, 3.05) is 0 Å². The van der Waals surface area contributed by atoms with Crippen LogP contribution < -0.4 is 0 Å². The van der Waals surface area contributed by atoms with Crippen LogP contribution in [0.1, 0.15) is 11.1 Å². The third-order valence-corrected chi connectivity index (χ3v) is 6.90. The maximum atomic E-state index is 13.4. The minimum Gasteiger partial charge on any atom is -0.256 e. The molecule has 0 saturated heterocycles. The number of alkyl halides is 6. The highest BCUT2D eigenvalue weighted by Gasteiger charge is 2.37. The van der Waals surface area contributed by atoms with Crippen molar-refractivity contribution in [3.05, 3.63) is 127 Å². The van der Waals surface area contributed by atoms with Crippen molar-refractivity contribution in [1.82, 2.24) is 4.98 Å². The molecule has 40 heavy (non-hydrogen) atoms. The van der Waals surface area contributed by atoms with Gasteiger partial charge in [-0.15, -0.1) is 0 Å². The molecule has 6 rings (SSSR count). The van der Waals surface area contributed by atoms with Crippen LogP contribution >= 0.6 is 0 Å². The number of para-hydroxylation sites is 1. The molecule has 198 valence electrons. The van der Waals surface area contributed by atoms with Gasteiger partial charge < -0.3 is 0 Å². The molecule has 0 atom stereocenters. The summed E-state index contributed by atoms with van der Waals surface area (Å²) in [6.45, 7) is 0. The van der Waals surface area contributed by atoms with Gasteiger partial charge in [-0.1, -0.05) is 66.7 Å². The number of halogens is 6. The van der Waals surface area contributed by atoms with Crippen molar-refractivity contribution in [3.8, 4) is 33.4 Å². The average molecular weight is 544 g/mol. The Morgan fingerprint density at radius 1 is 0.400 bits per heavy atom. The van der Waals surface area contributed by atoms with Gasteiger partial charge in [0.15, 0.2) is 0 Å². The summed E-state index contributed by atoms with van der Waals surface area (Å²) in [5.41, 5.74) is 2.11. The van der Waals surface area contributed by atoms with Crippen LogP contribution in [0, 0.1) is 0 Å². The van der Waals surface area contributed by atoms with E-state index in [1.54, 1.807) is 12.1 Å². The van der Waals surface area contributed by atoms with Gasteiger partial charge in [0, 0.05) is 17.1 Å². The smallest absolute Gasteiger partial charge is 0.256 e. The molecule has 1 nitrogen and oxygen atoms in total. The summed E-state index contributed by atoms with van der Waals surface area (Å²) in [4.78, 5) is 4.52. The van der Waals surface area contributed by atoms with E-state index < -0.39 is 23.5 Å². The molecular weight excluding hydrogens is 524 g/mol. The van der Waals surface area contributed by atoms with E-state index in [4.69, 9.17) is 0 Å². The quantitative estimate of drug-likeness (QED) is 0.202. The van der Waals surface area contributed by atoms with Crippen molar-refractivity contribution in [2.24, 2.45) is 0 Å². The highest BCUT2D eigenvalue weighted by molar-refractivity contribution is 5.91. The number of fused-ring (bicyclic) bond motifs is 2. The predicted molar refractivity (Wildman–Crippen MR) is 146 cm³/mol. The first-order chi connectivity index (χ1) is 19.0. The Labute approximate surface area is 225 Å². The molecule has 1 aromatic heterocycles. The van der Waals surface area contributed by atoms with Gasteiger partial charge in [0.25, 0.3) is 0 Å². The summed E-state index contributed by atoms with van der Waals surface area (Å²) in [7, 11) is 0. The molecule has 0 bridgehead atoms. The lowest BCUT2D eigenvalue weighted by Crippen LogP contribution is -2.11. The number of pyridine rings is 1. The first kappa shape index (κ1) is 25.6. The van der Waals surface area contributed by atoms with Gasteiger partial charge in [-0.2, -0.15) is 26.3 Å². The van der Waals surface area contributed by atoms with E-state index in [0.717, 1.165) is 50.7 Å². The normalized spacial score (nSPS) is 12.2. The largest absolute Gasteiger partial charge is 0.416 e. The van der Waals surface area contributed by atoms with E-state index in [2.05, 4.69) is 11.1 Å². The molecule has 7 heteroatoms. The maximum absolute atomic E-state index is 13.4. The van der Waals surface area contributed by atoms with Gasteiger partial charge >= 0.3 is 12.4 Å². The van der Waals surface area contributed by atoms with E-state index >= 15 is 0 Å². The summed E-state index contributed by atoms with van der Waals surface area (Å²) in [6, 6.07) is 30.0. The summed E-state index contributed by atoms with van der Waals surface area (Å²) in [5, 5.41) is 2.55. The van der Waals surface area contributed by atoms with Crippen LogP contribution in [-0.4, -0.2) is 4.98 Å². The van der Waals surface area contributed by atoms with Crippen molar-refractivity contribution < 1.29 is 26.3 Å². The van der Waals surface area contributed by atoms with Gasteiger partial charge in [-0.3, -0.25) is 4.98 Å². The van der Waals surface area contributed by atoms with Crippen LogP contribution in [0.2, 0.25) is 0 Å². The number of rotatable bonds is 3. The minimum absolute atomic E-state index is 0.139. The van der Waals surface area contributed by atoms with Crippen LogP contribution in [0.25, 0.3) is 55.1 Å². The maximum Gasteiger partial charge on any atom is 0.416 e. The highest BCUT2D eigenvalue weighted by atomic mass is 19.4. The fourth-order valence-electron chi connectivity index (χ4n) is 4.81.